The number of aromatic nitrogens is 2. The van der Waals surface area contributed by atoms with Crippen LogP contribution < -0.4 is 10.2 Å². The predicted molar refractivity (Wildman–Crippen MR) is 87.2 cm³/mol. The molecule has 2 saturated heterocycles. The van der Waals surface area contributed by atoms with Crippen molar-refractivity contribution in [3.63, 3.8) is 0 Å². The van der Waals surface area contributed by atoms with Gasteiger partial charge in [0.05, 0.1) is 5.69 Å². The standard InChI is InChI=1S/C15H23N5S/c1-11-9-18-5-3-4-12(18)10-20(11)14-13(8-16-2)19-6-7-21-15(19)17-14/h6-7,11-12,16H,3-5,8-10H2,1-2H3. The maximum Gasteiger partial charge on any atom is 0.195 e. The minimum Gasteiger partial charge on any atom is -0.349 e. The maximum absolute atomic E-state index is 4.93. The lowest BCUT2D eigenvalue weighted by molar-refractivity contribution is 0.202. The van der Waals surface area contributed by atoms with Gasteiger partial charge in [-0.05, 0) is 33.4 Å². The zero-order chi connectivity index (χ0) is 14.4. The molecule has 0 spiro atoms. The van der Waals surface area contributed by atoms with Crippen LogP contribution >= 0.6 is 11.3 Å². The van der Waals surface area contributed by atoms with Crippen LogP contribution in [0.5, 0.6) is 0 Å². The number of hydrogen-bond acceptors (Lipinski definition) is 5. The third-order valence-electron chi connectivity index (χ3n) is 4.89. The molecule has 0 bridgehead atoms. The quantitative estimate of drug-likeness (QED) is 0.938. The second-order valence-electron chi connectivity index (χ2n) is 6.26. The number of nitrogens with one attached hydrogen (secondary N) is 1. The molecular weight excluding hydrogens is 282 g/mol. The van der Waals surface area contributed by atoms with Gasteiger partial charge >= 0.3 is 0 Å². The topological polar surface area (TPSA) is 35.8 Å². The first-order valence-corrected chi connectivity index (χ1v) is 8.75. The number of imidazole rings is 1. The molecule has 0 amide bonds. The van der Waals surface area contributed by atoms with Gasteiger partial charge in [-0.15, -0.1) is 11.3 Å². The van der Waals surface area contributed by atoms with E-state index in [1.54, 1.807) is 11.3 Å². The van der Waals surface area contributed by atoms with Gasteiger partial charge in [-0.1, -0.05) is 0 Å². The van der Waals surface area contributed by atoms with Gasteiger partial charge < -0.3 is 10.2 Å². The predicted octanol–water partition coefficient (Wildman–Crippen LogP) is 1.79. The van der Waals surface area contributed by atoms with Crippen molar-refractivity contribution in [3.05, 3.63) is 17.3 Å². The van der Waals surface area contributed by atoms with Gasteiger partial charge in [0.25, 0.3) is 0 Å². The van der Waals surface area contributed by atoms with Crippen molar-refractivity contribution in [1.82, 2.24) is 19.6 Å². The highest BCUT2D eigenvalue weighted by Crippen LogP contribution is 2.31. The van der Waals surface area contributed by atoms with Gasteiger partial charge in [0.15, 0.2) is 10.8 Å². The molecule has 1 N–H and O–H groups in total. The van der Waals surface area contributed by atoms with Crippen LogP contribution in [-0.4, -0.2) is 53.1 Å². The molecule has 2 fully saturated rings. The van der Waals surface area contributed by atoms with Crippen LogP contribution in [0.4, 0.5) is 5.82 Å². The number of rotatable bonds is 3. The molecule has 2 aliphatic heterocycles. The summed E-state index contributed by atoms with van der Waals surface area (Å²) in [7, 11) is 2.01. The fourth-order valence-electron chi connectivity index (χ4n) is 3.87. The molecule has 2 aliphatic rings. The maximum atomic E-state index is 4.93. The van der Waals surface area contributed by atoms with E-state index < -0.39 is 0 Å². The van der Waals surface area contributed by atoms with E-state index in [0.29, 0.717) is 6.04 Å². The summed E-state index contributed by atoms with van der Waals surface area (Å²) in [5, 5.41) is 5.41. The third kappa shape index (κ3) is 2.17. The molecule has 0 aliphatic carbocycles. The molecular formula is C15H23N5S. The lowest BCUT2D eigenvalue weighted by Crippen LogP contribution is -2.55. The Balaban J connectivity index is 1.71. The number of thiazole rings is 1. The van der Waals surface area contributed by atoms with E-state index in [9.17, 15) is 0 Å². The second-order valence-corrected chi connectivity index (χ2v) is 7.13. The Hall–Kier alpha value is -1.11. The molecule has 5 nitrogen and oxygen atoms in total. The lowest BCUT2D eigenvalue weighted by Gasteiger charge is -2.43. The summed E-state index contributed by atoms with van der Waals surface area (Å²) in [5.41, 5.74) is 1.30. The number of fused-ring (bicyclic) bond motifs is 2. The first-order valence-electron chi connectivity index (χ1n) is 7.87. The zero-order valence-corrected chi connectivity index (χ0v) is 13.6. The van der Waals surface area contributed by atoms with Crippen molar-refractivity contribution < 1.29 is 0 Å². The normalized spacial score (nSPS) is 26.7. The van der Waals surface area contributed by atoms with Gasteiger partial charge in [-0.3, -0.25) is 9.30 Å². The van der Waals surface area contributed by atoms with E-state index in [1.165, 1.54) is 37.4 Å². The monoisotopic (exact) mass is 305 g/mol. The summed E-state index contributed by atoms with van der Waals surface area (Å²) in [4.78, 5) is 11.2. The smallest absolute Gasteiger partial charge is 0.195 e. The summed E-state index contributed by atoms with van der Waals surface area (Å²) in [6.07, 6.45) is 4.83. The largest absolute Gasteiger partial charge is 0.349 e. The highest BCUT2D eigenvalue weighted by Gasteiger charge is 2.36. The third-order valence-corrected chi connectivity index (χ3v) is 5.65. The van der Waals surface area contributed by atoms with Gasteiger partial charge in [0.1, 0.15) is 0 Å². The van der Waals surface area contributed by atoms with Crippen molar-refractivity contribution in [2.45, 2.75) is 38.4 Å². The molecule has 0 aromatic carbocycles. The van der Waals surface area contributed by atoms with E-state index in [1.807, 2.05) is 7.05 Å². The number of hydrogen-bond donors (Lipinski definition) is 1. The van der Waals surface area contributed by atoms with Crippen molar-refractivity contribution in [2.75, 3.05) is 31.6 Å². The van der Waals surface area contributed by atoms with E-state index in [4.69, 9.17) is 4.98 Å². The van der Waals surface area contributed by atoms with Crippen LogP contribution in [0.15, 0.2) is 11.6 Å². The molecule has 2 unspecified atom stereocenters. The molecule has 0 saturated carbocycles. The summed E-state index contributed by atoms with van der Waals surface area (Å²) < 4.78 is 2.24. The SMILES string of the molecule is CNCc1c(N2CC3CCCN3CC2C)nc2sccn12. The fourth-order valence-corrected chi connectivity index (χ4v) is 4.59. The van der Waals surface area contributed by atoms with Crippen molar-refractivity contribution in [3.8, 4) is 0 Å². The van der Waals surface area contributed by atoms with Gasteiger partial charge in [0, 0.05) is 43.3 Å². The molecule has 4 rings (SSSR count). The Morgan fingerprint density at radius 1 is 1.43 bits per heavy atom. The fraction of sp³-hybridized carbons (Fsp3) is 0.667. The summed E-state index contributed by atoms with van der Waals surface area (Å²) >= 11 is 1.72. The van der Waals surface area contributed by atoms with Crippen LogP contribution in [-0.2, 0) is 6.54 Å². The lowest BCUT2D eigenvalue weighted by atomic mass is 10.1. The van der Waals surface area contributed by atoms with Crippen molar-refractivity contribution in [1.29, 1.82) is 0 Å². The molecule has 114 valence electrons. The summed E-state index contributed by atoms with van der Waals surface area (Å²) in [6.45, 7) is 6.79. The van der Waals surface area contributed by atoms with Gasteiger partial charge in [-0.2, -0.15) is 0 Å². The van der Waals surface area contributed by atoms with Crippen LogP contribution in [0.3, 0.4) is 0 Å². The number of piperazine rings is 1. The number of anilines is 1. The molecule has 6 heteroatoms. The molecule has 2 aromatic rings. The van der Waals surface area contributed by atoms with Crippen LogP contribution in [0, 0.1) is 0 Å². The first kappa shape index (κ1) is 13.5. The van der Waals surface area contributed by atoms with Crippen molar-refractivity contribution in [2.24, 2.45) is 0 Å². The van der Waals surface area contributed by atoms with Crippen LogP contribution in [0.25, 0.3) is 4.96 Å². The minimum atomic E-state index is 0.541. The minimum absolute atomic E-state index is 0.541. The first-order chi connectivity index (χ1) is 10.3. The van der Waals surface area contributed by atoms with Gasteiger partial charge in [-0.25, -0.2) is 4.98 Å². The summed E-state index contributed by atoms with van der Waals surface area (Å²) in [5.74, 6) is 1.19. The summed E-state index contributed by atoms with van der Waals surface area (Å²) in [6, 6.07) is 1.27. The average molecular weight is 305 g/mol. The van der Waals surface area contributed by atoms with Gasteiger partial charge in [0.2, 0.25) is 0 Å². The Kier molecular flexibility index (Phi) is 3.40. The van der Waals surface area contributed by atoms with E-state index in [-0.39, 0.29) is 0 Å². The Morgan fingerprint density at radius 2 is 2.33 bits per heavy atom. The van der Waals surface area contributed by atoms with Crippen LogP contribution in [0.1, 0.15) is 25.5 Å². The molecule has 2 atom stereocenters. The Labute approximate surface area is 129 Å². The Morgan fingerprint density at radius 3 is 3.19 bits per heavy atom. The van der Waals surface area contributed by atoms with Crippen LogP contribution in [0.2, 0.25) is 0 Å². The van der Waals surface area contributed by atoms with E-state index >= 15 is 0 Å². The second kappa shape index (κ2) is 5.26. The average Bonchev–Trinajstić information content (AvgIpc) is 3.14. The number of nitrogens with zero attached hydrogens (tertiary/aromatic N) is 4. The van der Waals surface area contributed by atoms with E-state index in [2.05, 4.69) is 38.0 Å². The molecule has 0 radical (unpaired) electrons. The van der Waals surface area contributed by atoms with E-state index in [0.717, 1.165) is 24.1 Å². The molecule has 2 aromatic heterocycles. The zero-order valence-electron chi connectivity index (χ0n) is 12.7. The molecule has 4 heterocycles. The highest BCUT2D eigenvalue weighted by atomic mass is 32.1. The highest BCUT2D eigenvalue weighted by molar-refractivity contribution is 7.15. The molecule has 21 heavy (non-hydrogen) atoms. The Bertz CT molecular complexity index is 633. The van der Waals surface area contributed by atoms with Crippen molar-refractivity contribution >= 4 is 22.1 Å².